The van der Waals surface area contributed by atoms with Gasteiger partial charge in [0.15, 0.2) is 5.65 Å². The molecule has 3 aromatic rings. The molecular formula is C11H12IN7O2S. The molecule has 0 amide bonds. The fourth-order valence-corrected chi connectivity index (χ4v) is 2.72. The summed E-state index contributed by atoms with van der Waals surface area (Å²) in [6.07, 6.45) is 6.42. The van der Waals surface area contributed by atoms with Crippen molar-refractivity contribution in [3.63, 3.8) is 0 Å². The van der Waals surface area contributed by atoms with Gasteiger partial charge in [0.25, 0.3) is 0 Å². The third-order valence-corrected chi connectivity index (χ3v) is 4.93. The third kappa shape index (κ3) is 2.78. The van der Waals surface area contributed by atoms with Gasteiger partial charge in [0, 0.05) is 20.3 Å². The zero-order chi connectivity index (χ0) is 15.9. The zero-order valence-electron chi connectivity index (χ0n) is 11.7. The standard InChI is InChI=1S/C11H12IN7O2S/c1-17(2)22(20,21)16-8-5-13-19(7-8)9-6-14-18-4-3-10(12)15-11(9)18/h3-7,16H,1-2H3. The molecule has 0 aliphatic rings. The first kappa shape index (κ1) is 15.2. The summed E-state index contributed by atoms with van der Waals surface area (Å²) >= 11 is 2.11. The zero-order valence-corrected chi connectivity index (χ0v) is 14.6. The first-order valence-electron chi connectivity index (χ1n) is 6.12. The van der Waals surface area contributed by atoms with E-state index in [0.29, 0.717) is 17.0 Å². The highest BCUT2D eigenvalue weighted by Crippen LogP contribution is 2.17. The maximum absolute atomic E-state index is 11.8. The second-order valence-electron chi connectivity index (χ2n) is 4.61. The second kappa shape index (κ2) is 5.48. The monoisotopic (exact) mass is 433 g/mol. The Balaban J connectivity index is 1.98. The van der Waals surface area contributed by atoms with Gasteiger partial charge in [-0.2, -0.15) is 22.9 Å². The highest BCUT2D eigenvalue weighted by atomic mass is 127. The van der Waals surface area contributed by atoms with Gasteiger partial charge in [-0.05, 0) is 28.7 Å². The summed E-state index contributed by atoms with van der Waals surface area (Å²) in [5.41, 5.74) is 1.66. The highest BCUT2D eigenvalue weighted by Gasteiger charge is 2.15. The molecule has 11 heteroatoms. The lowest BCUT2D eigenvalue weighted by Crippen LogP contribution is -2.28. The Morgan fingerprint density at radius 2 is 2.05 bits per heavy atom. The van der Waals surface area contributed by atoms with Crippen molar-refractivity contribution in [2.75, 3.05) is 18.8 Å². The van der Waals surface area contributed by atoms with Crippen LogP contribution in [-0.4, -0.2) is 51.2 Å². The van der Waals surface area contributed by atoms with E-state index >= 15 is 0 Å². The van der Waals surface area contributed by atoms with Crippen molar-refractivity contribution in [1.82, 2.24) is 28.7 Å². The van der Waals surface area contributed by atoms with Crippen LogP contribution in [0.1, 0.15) is 0 Å². The first-order chi connectivity index (χ1) is 10.4. The number of hydrogen-bond donors (Lipinski definition) is 1. The average Bonchev–Trinajstić information content (AvgIpc) is 3.04. The maximum atomic E-state index is 11.8. The number of nitrogens with one attached hydrogen (secondary N) is 1. The Bertz CT molecular complexity index is 931. The van der Waals surface area contributed by atoms with Gasteiger partial charge in [0.2, 0.25) is 0 Å². The van der Waals surface area contributed by atoms with E-state index in [-0.39, 0.29) is 0 Å². The van der Waals surface area contributed by atoms with Gasteiger partial charge >= 0.3 is 10.2 Å². The fourth-order valence-electron chi connectivity index (χ4n) is 1.74. The molecule has 0 bridgehead atoms. The largest absolute Gasteiger partial charge is 0.301 e. The number of anilines is 1. The molecular weight excluding hydrogens is 421 g/mol. The van der Waals surface area contributed by atoms with Crippen molar-refractivity contribution >= 4 is 44.1 Å². The van der Waals surface area contributed by atoms with E-state index in [0.717, 1.165) is 8.01 Å². The van der Waals surface area contributed by atoms with E-state index in [2.05, 4.69) is 42.5 Å². The Labute approximate surface area is 140 Å². The van der Waals surface area contributed by atoms with Crippen LogP contribution in [-0.2, 0) is 10.2 Å². The fraction of sp³-hybridized carbons (Fsp3) is 0.182. The summed E-state index contributed by atoms with van der Waals surface area (Å²) in [4.78, 5) is 4.40. The van der Waals surface area contributed by atoms with Gasteiger partial charge < -0.3 is 0 Å². The Hall–Kier alpha value is -1.73. The van der Waals surface area contributed by atoms with Gasteiger partial charge in [0.05, 0.1) is 24.3 Å². The highest BCUT2D eigenvalue weighted by molar-refractivity contribution is 14.1. The Morgan fingerprint density at radius 1 is 1.27 bits per heavy atom. The van der Waals surface area contributed by atoms with Crippen molar-refractivity contribution in [3.8, 4) is 5.69 Å². The number of halogens is 1. The minimum absolute atomic E-state index is 0.360. The van der Waals surface area contributed by atoms with Crippen LogP contribution in [0.25, 0.3) is 11.3 Å². The molecule has 0 aliphatic heterocycles. The lowest BCUT2D eigenvalue weighted by Gasteiger charge is -2.11. The topological polar surface area (TPSA) is 97.4 Å². The third-order valence-electron chi connectivity index (χ3n) is 2.87. The summed E-state index contributed by atoms with van der Waals surface area (Å²) < 4.78 is 31.1. The van der Waals surface area contributed by atoms with Crippen molar-refractivity contribution in [2.24, 2.45) is 0 Å². The number of hydrogen-bond acceptors (Lipinski definition) is 5. The number of nitrogens with zero attached hydrogens (tertiary/aromatic N) is 6. The normalized spacial score (nSPS) is 12.2. The molecule has 0 saturated heterocycles. The van der Waals surface area contributed by atoms with Gasteiger partial charge in [-0.1, -0.05) is 0 Å². The first-order valence-corrected chi connectivity index (χ1v) is 8.64. The summed E-state index contributed by atoms with van der Waals surface area (Å²) in [6.45, 7) is 0. The predicted molar refractivity (Wildman–Crippen MR) is 89.1 cm³/mol. The molecule has 0 fully saturated rings. The van der Waals surface area contributed by atoms with Crippen molar-refractivity contribution in [2.45, 2.75) is 0 Å². The molecule has 3 aromatic heterocycles. The van der Waals surface area contributed by atoms with Crippen LogP contribution in [0.2, 0.25) is 0 Å². The molecule has 0 radical (unpaired) electrons. The van der Waals surface area contributed by atoms with Gasteiger partial charge in [-0.15, -0.1) is 0 Å². The average molecular weight is 433 g/mol. The molecule has 3 rings (SSSR count). The second-order valence-corrected chi connectivity index (χ2v) is 7.60. The number of fused-ring (bicyclic) bond motifs is 1. The molecule has 0 unspecified atom stereocenters. The van der Waals surface area contributed by atoms with E-state index in [1.54, 1.807) is 23.1 Å². The van der Waals surface area contributed by atoms with Crippen LogP contribution in [0, 0.1) is 3.70 Å². The molecule has 1 N–H and O–H groups in total. The summed E-state index contributed by atoms with van der Waals surface area (Å²) in [5.74, 6) is 0. The minimum atomic E-state index is -3.56. The molecule has 9 nitrogen and oxygen atoms in total. The van der Waals surface area contributed by atoms with Crippen molar-refractivity contribution in [1.29, 1.82) is 0 Å². The van der Waals surface area contributed by atoms with E-state index < -0.39 is 10.2 Å². The number of rotatable bonds is 4. The smallest absolute Gasteiger partial charge is 0.268 e. The molecule has 3 heterocycles. The molecule has 0 aliphatic carbocycles. The minimum Gasteiger partial charge on any atom is -0.268 e. The maximum Gasteiger partial charge on any atom is 0.301 e. The molecule has 0 spiro atoms. The van der Waals surface area contributed by atoms with Crippen LogP contribution >= 0.6 is 22.6 Å². The lowest BCUT2D eigenvalue weighted by atomic mass is 10.5. The van der Waals surface area contributed by atoms with E-state index in [9.17, 15) is 8.42 Å². The van der Waals surface area contributed by atoms with Crippen LogP contribution in [0.4, 0.5) is 5.69 Å². The molecule has 0 atom stereocenters. The number of aromatic nitrogens is 5. The molecule has 22 heavy (non-hydrogen) atoms. The van der Waals surface area contributed by atoms with Crippen LogP contribution in [0.15, 0.2) is 30.9 Å². The van der Waals surface area contributed by atoms with Crippen molar-refractivity contribution < 1.29 is 8.42 Å². The quantitative estimate of drug-likeness (QED) is 0.484. The SMILES string of the molecule is CN(C)S(=O)(=O)Nc1cnn(-c2cnn3ccc(I)nc23)c1. The molecule has 0 saturated carbocycles. The summed E-state index contributed by atoms with van der Waals surface area (Å²) in [6, 6.07) is 1.84. The van der Waals surface area contributed by atoms with E-state index in [1.807, 2.05) is 6.07 Å². The predicted octanol–water partition coefficient (Wildman–Crippen LogP) is 0.738. The Morgan fingerprint density at radius 3 is 2.77 bits per heavy atom. The molecule has 0 aromatic carbocycles. The van der Waals surface area contributed by atoms with Crippen LogP contribution < -0.4 is 4.72 Å². The van der Waals surface area contributed by atoms with Gasteiger partial charge in [-0.25, -0.2) is 14.2 Å². The Kier molecular flexibility index (Phi) is 3.78. The van der Waals surface area contributed by atoms with Crippen LogP contribution in [0.5, 0.6) is 0 Å². The summed E-state index contributed by atoms with van der Waals surface area (Å²) in [5, 5.41) is 8.35. The van der Waals surface area contributed by atoms with E-state index in [1.165, 1.54) is 25.0 Å². The van der Waals surface area contributed by atoms with Gasteiger partial charge in [0.1, 0.15) is 9.39 Å². The van der Waals surface area contributed by atoms with Crippen LogP contribution in [0.3, 0.4) is 0 Å². The van der Waals surface area contributed by atoms with Gasteiger partial charge in [-0.3, -0.25) is 4.72 Å². The summed E-state index contributed by atoms with van der Waals surface area (Å²) in [7, 11) is -0.667. The molecule has 116 valence electrons. The van der Waals surface area contributed by atoms with Crippen molar-refractivity contribution in [3.05, 3.63) is 34.6 Å². The van der Waals surface area contributed by atoms with E-state index in [4.69, 9.17) is 0 Å². The lowest BCUT2D eigenvalue weighted by molar-refractivity contribution is 0.527.